The Bertz CT molecular complexity index is 265. The third-order valence-corrected chi connectivity index (χ3v) is 3.20. The van der Waals surface area contributed by atoms with Gasteiger partial charge in [-0.15, -0.1) is 0 Å². The molecule has 0 radical (unpaired) electrons. The van der Waals surface area contributed by atoms with Crippen LogP contribution in [0.15, 0.2) is 0 Å². The van der Waals surface area contributed by atoms with Crippen molar-refractivity contribution in [3.8, 4) is 0 Å². The third kappa shape index (κ3) is 3.42. The van der Waals surface area contributed by atoms with E-state index in [1.54, 1.807) is 0 Å². The molecule has 1 saturated carbocycles. The van der Waals surface area contributed by atoms with Gasteiger partial charge in [0.15, 0.2) is 0 Å². The van der Waals surface area contributed by atoms with Crippen molar-refractivity contribution in [3.63, 3.8) is 0 Å². The molecule has 1 aliphatic rings. The predicted molar refractivity (Wildman–Crippen MR) is 67.1 cm³/mol. The molecule has 0 bridgehead atoms. The molecule has 1 aliphatic carbocycles. The van der Waals surface area contributed by atoms with Crippen LogP contribution < -0.4 is 11.1 Å². The van der Waals surface area contributed by atoms with Crippen molar-refractivity contribution in [2.24, 2.45) is 11.7 Å². The lowest BCUT2D eigenvalue weighted by Crippen LogP contribution is -2.50. The molecule has 0 heterocycles. The average Bonchev–Trinajstić information content (AvgIpc) is 2.15. The maximum Gasteiger partial charge on any atom is 0.230 e. The molecule has 5 heteroatoms. The summed E-state index contributed by atoms with van der Waals surface area (Å²) in [4.78, 5) is 12.0. The van der Waals surface area contributed by atoms with Crippen molar-refractivity contribution in [1.82, 2.24) is 5.32 Å². The molecular weight excluding hydrogens is 224 g/mol. The standard InChI is InChI=1S/C11H20N2O2S/c1-3-9(10(12)16)11(14)13-7-5-8(6-7)15-4-2/h7-9H,3-6H2,1-2H3,(H2,12,16)(H,13,14). The molecule has 4 nitrogen and oxygen atoms in total. The molecule has 0 spiro atoms. The number of nitrogens with one attached hydrogen (secondary N) is 1. The summed E-state index contributed by atoms with van der Waals surface area (Å²) < 4.78 is 5.42. The van der Waals surface area contributed by atoms with Gasteiger partial charge in [-0.05, 0) is 26.2 Å². The van der Waals surface area contributed by atoms with Crippen molar-refractivity contribution < 1.29 is 9.53 Å². The number of nitrogens with two attached hydrogens (primary N) is 1. The summed E-state index contributed by atoms with van der Waals surface area (Å²) >= 11 is 4.86. The lowest BCUT2D eigenvalue weighted by Gasteiger charge is -2.36. The quantitative estimate of drug-likeness (QED) is 0.684. The topological polar surface area (TPSA) is 64.3 Å². The molecule has 1 amide bonds. The summed E-state index contributed by atoms with van der Waals surface area (Å²) in [7, 11) is 0. The second-order valence-corrected chi connectivity index (χ2v) is 4.59. The second-order valence-electron chi connectivity index (χ2n) is 4.12. The van der Waals surface area contributed by atoms with Crippen LogP contribution in [0.25, 0.3) is 0 Å². The van der Waals surface area contributed by atoms with E-state index in [4.69, 9.17) is 22.7 Å². The third-order valence-electron chi connectivity index (χ3n) is 2.91. The first kappa shape index (κ1) is 13.4. The highest BCUT2D eigenvalue weighted by Crippen LogP contribution is 2.23. The normalized spacial score (nSPS) is 25.6. The molecule has 92 valence electrons. The van der Waals surface area contributed by atoms with Gasteiger partial charge in [-0.1, -0.05) is 19.1 Å². The Morgan fingerprint density at radius 2 is 2.19 bits per heavy atom. The van der Waals surface area contributed by atoms with Crippen LogP contribution in [0.2, 0.25) is 0 Å². The SMILES string of the molecule is CCOC1CC(NC(=O)C(CC)C(N)=S)C1. The van der Waals surface area contributed by atoms with E-state index in [9.17, 15) is 4.79 Å². The zero-order chi connectivity index (χ0) is 12.1. The van der Waals surface area contributed by atoms with E-state index in [1.807, 2.05) is 13.8 Å². The van der Waals surface area contributed by atoms with Gasteiger partial charge in [0.2, 0.25) is 5.91 Å². The Balaban J connectivity index is 2.28. The minimum atomic E-state index is -0.332. The van der Waals surface area contributed by atoms with Gasteiger partial charge in [0.1, 0.15) is 0 Å². The number of carbonyl (C=O) groups excluding carboxylic acids is 1. The van der Waals surface area contributed by atoms with Crippen molar-refractivity contribution in [2.75, 3.05) is 6.61 Å². The zero-order valence-electron chi connectivity index (χ0n) is 9.86. The average molecular weight is 244 g/mol. The van der Waals surface area contributed by atoms with E-state index in [-0.39, 0.29) is 22.9 Å². The first-order valence-corrected chi connectivity index (χ1v) is 6.20. The van der Waals surface area contributed by atoms with Crippen molar-refractivity contribution in [3.05, 3.63) is 0 Å². The van der Waals surface area contributed by atoms with Gasteiger partial charge in [-0.3, -0.25) is 4.79 Å². The highest BCUT2D eigenvalue weighted by Gasteiger charge is 2.32. The van der Waals surface area contributed by atoms with Crippen molar-refractivity contribution in [2.45, 2.75) is 45.3 Å². The maximum absolute atomic E-state index is 11.8. The zero-order valence-corrected chi connectivity index (χ0v) is 10.7. The molecule has 16 heavy (non-hydrogen) atoms. The van der Waals surface area contributed by atoms with Crippen LogP contribution in [0.3, 0.4) is 0 Å². The highest BCUT2D eigenvalue weighted by molar-refractivity contribution is 7.80. The fraction of sp³-hybridized carbons (Fsp3) is 0.818. The highest BCUT2D eigenvalue weighted by atomic mass is 32.1. The summed E-state index contributed by atoms with van der Waals surface area (Å²) in [5, 5.41) is 2.95. The minimum Gasteiger partial charge on any atom is -0.393 e. The van der Waals surface area contributed by atoms with Gasteiger partial charge in [0.05, 0.1) is 17.0 Å². The fourth-order valence-corrected chi connectivity index (χ4v) is 2.15. The molecular formula is C11H20N2O2S. The van der Waals surface area contributed by atoms with E-state index in [0.29, 0.717) is 12.5 Å². The summed E-state index contributed by atoms with van der Waals surface area (Å²) in [5.74, 6) is -0.379. The summed E-state index contributed by atoms with van der Waals surface area (Å²) in [6.45, 7) is 4.62. The van der Waals surface area contributed by atoms with Gasteiger partial charge in [0, 0.05) is 12.6 Å². The van der Waals surface area contributed by atoms with Crippen molar-refractivity contribution in [1.29, 1.82) is 0 Å². The summed E-state index contributed by atoms with van der Waals surface area (Å²) in [6.07, 6.45) is 2.75. The van der Waals surface area contributed by atoms with Gasteiger partial charge >= 0.3 is 0 Å². The maximum atomic E-state index is 11.8. The van der Waals surface area contributed by atoms with E-state index in [2.05, 4.69) is 5.32 Å². The van der Waals surface area contributed by atoms with Crippen LogP contribution in [0, 0.1) is 5.92 Å². The molecule has 0 aromatic heterocycles. The summed E-state index contributed by atoms with van der Waals surface area (Å²) in [5.41, 5.74) is 5.50. The van der Waals surface area contributed by atoms with Gasteiger partial charge in [-0.25, -0.2) is 0 Å². The number of amides is 1. The molecule has 1 rings (SSSR count). The predicted octanol–water partition coefficient (Wildman–Crippen LogP) is 0.982. The molecule has 1 atom stereocenters. The largest absolute Gasteiger partial charge is 0.393 e. The van der Waals surface area contributed by atoms with E-state index < -0.39 is 0 Å². The van der Waals surface area contributed by atoms with E-state index >= 15 is 0 Å². The van der Waals surface area contributed by atoms with Crippen LogP contribution in [0.1, 0.15) is 33.1 Å². The van der Waals surface area contributed by atoms with Crippen molar-refractivity contribution >= 4 is 23.1 Å². The second kappa shape index (κ2) is 6.15. The monoisotopic (exact) mass is 244 g/mol. The molecule has 1 fully saturated rings. The number of ether oxygens (including phenoxy) is 1. The molecule has 0 aromatic rings. The van der Waals surface area contributed by atoms with Gasteiger partial charge in [-0.2, -0.15) is 0 Å². The Morgan fingerprint density at radius 1 is 1.56 bits per heavy atom. The Kier molecular flexibility index (Phi) is 5.15. The minimum absolute atomic E-state index is 0.0463. The molecule has 0 saturated heterocycles. The number of thiocarbonyl (C=S) groups is 1. The molecule has 3 N–H and O–H groups in total. The van der Waals surface area contributed by atoms with Crippen LogP contribution >= 0.6 is 12.2 Å². The van der Waals surface area contributed by atoms with E-state index in [0.717, 1.165) is 19.4 Å². The number of hydrogen-bond acceptors (Lipinski definition) is 3. The Labute approximate surface area is 102 Å². The smallest absolute Gasteiger partial charge is 0.230 e. The van der Waals surface area contributed by atoms with Crippen LogP contribution in [0.5, 0.6) is 0 Å². The fourth-order valence-electron chi connectivity index (χ4n) is 1.87. The van der Waals surface area contributed by atoms with Crippen LogP contribution in [-0.2, 0) is 9.53 Å². The lowest BCUT2D eigenvalue weighted by atomic mass is 9.88. The van der Waals surface area contributed by atoms with Crippen LogP contribution in [-0.4, -0.2) is 29.6 Å². The first-order chi connectivity index (χ1) is 7.58. The van der Waals surface area contributed by atoms with Gasteiger partial charge in [0.25, 0.3) is 0 Å². The Morgan fingerprint density at radius 3 is 2.62 bits per heavy atom. The molecule has 0 aliphatic heterocycles. The molecule has 0 aromatic carbocycles. The van der Waals surface area contributed by atoms with Gasteiger partial charge < -0.3 is 15.8 Å². The number of hydrogen-bond donors (Lipinski definition) is 2. The summed E-state index contributed by atoms with van der Waals surface area (Å²) in [6, 6.07) is 0.229. The number of rotatable bonds is 6. The first-order valence-electron chi connectivity index (χ1n) is 5.79. The molecule has 1 unspecified atom stereocenters. The lowest BCUT2D eigenvalue weighted by molar-refractivity contribution is -0.125. The number of carbonyl (C=O) groups is 1. The van der Waals surface area contributed by atoms with E-state index in [1.165, 1.54) is 0 Å². The van der Waals surface area contributed by atoms with Crippen LogP contribution in [0.4, 0.5) is 0 Å². The Hall–Kier alpha value is -0.680.